The molecular weight excluding hydrogens is 336 g/mol. The fourth-order valence-electron chi connectivity index (χ4n) is 3.51. The standard InChI is InChI=1S/C19H24N2O5/c22-17(13-5-1-2-6-13)21-14-7-3-4-12(10-14)11-20-18(23)15-8-9-16(26-15)19(24)25/h3-4,7,10,13,15-16H,1-2,5-6,8-9,11H2,(H,20,23)(H,21,22)(H,24,25)/t15-,16+/m0/s1. The molecule has 0 aromatic heterocycles. The Labute approximate surface area is 152 Å². The van der Waals surface area contributed by atoms with Crippen LogP contribution in [0.1, 0.15) is 44.1 Å². The summed E-state index contributed by atoms with van der Waals surface area (Å²) in [6, 6.07) is 7.36. The lowest BCUT2D eigenvalue weighted by molar-refractivity contribution is -0.151. The molecule has 3 rings (SSSR count). The quantitative estimate of drug-likeness (QED) is 0.720. The van der Waals surface area contributed by atoms with E-state index in [9.17, 15) is 14.4 Å². The van der Waals surface area contributed by atoms with Crippen LogP contribution in [0.25, 0.3) is 0 Å². The average molecular weight is 360 g/mol. The van der Waals surface area contributed by atoms with Crippen LogP contribution in [0.3, 0.4) is 0 Å². The molecule has 2 fully saturated rings. The third-order valence-corrected chi connectivity index (χ3v) is 4.97. The van der Waals surface area contributed by atoms with Crippen molar-refractivity contribution in [1.82, 2.24) is 5.32 Å². The first kappa shape index (κ1) is 18.4. The van der Waals surface area contributed by atoms with Crippen molar-refractivity contribution < 1.29 is 24.2 Å². The summed E-state index contributed by atoms with van der Waals surface area (Å²) in [4.78, 5) is 35.2. The fraction of sp³-hybridized carbons (Fsp3) is 0.526. The van der Waals surface area contributed by atoms with Gasteiger partial charge in [-0.25, -0.2) is 4.79 Å². The lowest BCUT2D eigenvalue weighted by Crippen LogP contribution is -2.35. The number of hydrogen-bond acceptors (Lipinski definition) is 4. The summed E-state index contributed by atoms with van der Waals surface area (Å²) in [7, 11) is 0. The molecule has 7 nitrogen and oxygen atoms in total. The molecule has 1 heterocycles. The van der Waals surface area contributed by atoms with E-state index >= 15 is 0 Å². The van der Waals surface area contributed by atoms with Gasteiger partial charge in [-0.1, -0.05) is 25.0 Å². The lowest BCUT2D eigenvalue weighted by Gasteiger charge is -2.13. The van der Waals surface area contributed by atoms with Gasteiger partial charge in [-0.15, -0.1) is 0 Å². The van der Waals surface area contributed by atoms with E-state index in [1.54, 1.807) is 0 Å². The molecule has 1 aliphatic heterocycles. The van der Waals surface area contributed by atoms with Gasteiger partial charge in [-0.2, -0.15) is 0 Å². The molecule has 1 aromatic rings. The first-order valence-electron chi connectivity index (χ1n) is 9.08. The minimum Gasteiger partial charge on any atom is -0.479 e. The number of aliphatic carboxylic acids is 1. The van der Waals surface area contributed by atoms with E-state index < -0.39 is 18.2 Å². The normalized spacial score (nSPS) is 22.9. The zero-order valence-electron chi connectivity index (χ0n) is 14.6. The van der Waals surface area contributed by atoms with Gasteiger partial charge in [0.2, 0.25) is 11.8 Å². The summed E-state index contributed by atoms with van der Waals surface area (Å²) in [5, 5.41) is 14.6. The fourth-order valence-corrected chi connectivity index (χ4v) is 3.51. The first-order valence-corrected chi connectivity index (χ1v) is 9.08. The highest BCUT2D eigenvalue weighted by atomic mass is 16.5. The second-order valence-electron chi connectivity index (χ2n) is 6.92. The Kier molecular flexibility index (Phi) is 5.88. The van der Waals surface area contributed by atoms with Crippen LogP contribution in [-0.4, -0.2) is 35.1 Å². The number of amides is 2. The van der Waals surface area contributed by atoms with Crippen LogP contribution in [-0.2, 0) is 25.7 Å². The van der Waals surface area contributed by atoms with Crippen molar-refractivity contribution in [3.05, 3.63) is 29.8 Å². The Hall–Kier alpha value is -2.41. The maximum absolute atomic E-state index is 12.2. The average Bonchev–Trinajstić information content (AvgIpc) is 3.31. The Morgan fingerprint density at radius 2 is 1.77 bits per heavy atom. The minimum atomic E-state index is -1.04. The molecule has 2 amide bonds. The van der Waals surface area contributed by atoms with Gasteiger partial charge in [-0.05, 0) is 43.4 Å². The number of carboxylic acid groups (broad SMARTS) is 1. The third kappa shape index (κ3) is 4.60. The molecule has 0 unspecified atom stereocenters. The molecular formula is C19H24N2O5. The second-order valence-corrected chi connectivity index (χ2v) is 6.92. The number of rotatable bonds is 6. The van der Waals surface area contributed by atoms with E-state index in [4.69, 9.17) is 9.84 Å². The van der Waals surface area contributed by atoms with Crippen molar-refractivity contribution >= 4 is 23.5 Å². The number of ether oxygens (including phenoxy) is 1. The highest BCUT2D eigenvalue weighted by Crippen LogP contribution is 2.26. The van der Waals surface area contributed by atoms with Gasteiger partial charge in [0.05, 0.1) is 0 Å². The van der Waals surface area contributed by atoms with Gasteiger partial charge in [0.1, 0.15) is 6.10 Å². The molecule has 2 aliphatic rings. The molecule has 140 valence electrons. The number of benzene rings is 1. The van der Waals surface area contributed by atoms with Gasteiger partial charge >= 0.3 is 5.97 Å². The molecule has 7 heteroatoms. The number of anilines is 1. The van der Waals surface area contributed by atoms with Gasteiger partial charge in [-0.3, -0.25) is 9.59 Å². The Morgan fingerprint density at radius 3 is 2.46 bits per heavy atom. The number of hydrogen-bond donors (Lipinski definition) is 3. The smallest absolute Gasteiger partial charge is 0.332 e. The summed E-state index contributed by atoms with van der Waals surface area (Å²) in [5.74, 6) is -1.19. The van der Waals surface area contributed by atoms with Crippen LogP contribution in [0.4, 0.5) is 5.69 Å². The second kappa shape index (κ2) is 8.31. The van der Waals surface area contributed by atoms with E-state index in [-0.39, 0.29) is 17.7 Å². The summed E-state index contributed by atoms with van der Waals surface area (Å²) >= 11 is 0. The summed E-state index contributed by atoms with van der Waals surface area (Å²) in [5.41, 5.74) is 1.58. The highest BCUT2D eigenvalue weighted by Gasteiger charge is 2.34. The maximum Gasteiger partial charge on any atom is 0.332 e. The molecule has 0 bridgehead atoms. The zero-order chi connectivity index (χ0) is 18.5. The van der Waals surface area contributed by atoms with Crippen LogP contribution in [0.15, 0.2) is 24.3 Å². The van der Waals surface area contributed by atoms with E-state index in [0.717, 1.165) is 36.9 Å². The molecule has 3 N–H and O–H groups in total. The van der Waals surface area contributed by atoms with E-state index in [0.29, 0.717) is 19.4 Å². The van der Waals surface area contributed by atoms with Crippen LogP contribution in [0, 0.1) is 5.92 Å². The zero-order valence-corrected chi connectivity index (χ0v) is 14.6. The van der Waals surface area contributed by atoms with Crippen LogP contribution < -0.4 is 10.6 Å². The molecule has 1 saturated heterocycles. The molecule has 0 radical (unpaired) electrons. The number of carbonyl (C=O) groups is 3. The van der Waals surface area contributed by atoms with Crippen molar-refractivity contribution in [2.45, 2.75) is 57.3 Å². The predicted octanol–water partition coefficient (Wildman–Crippen LogP) is 2.06. The highest BCUT2D eigenvalue weighted by molar-refractivity contribution is 5.92. The maximum atomic E-state index is 12.2. The molecule has 1 saturated carbocycles. The van der Waals surface area contributed by atoms with Crippen molar-refractivity contribution in [3.8, 4) is 0 Å². The van der Waals surface area contributed by atoms with Crippen LogP contribution in [0.5, 0.6) is 0 Å². The third-order valence-electron chi connectivity index (χ3n) is 4.97. The van der Waals surface area contributed by atoms with E-state index in [1.165, 1.54) is 0 Å². The van der Waals surface area contributed by atoms with Crippen molar-refractivity contribution in [2.24, 2.45) is 5.92 Å². The molecule has 26 heavy (non-hydrogen) atoms. The van der Waals surface area contributed by atoms with Crippen LogP contribution >= 0.6 is 0 Å². The van der Waals surface area contributed by atoms with E-state index in [2.05, 4.69) is 10.6 Å². The van der Waals surface area contributed by atoms with Gasteiger partial charge in [0, 0.05) is 18.2 Å². The number of nitrogens with one attached hydrogen (secondary N) is 2. The summed E-state index contributed by atoms with van der Waals surface area (Å²) in [6.45, 7) is 0.295. The predicted molar refractivity (Wildman–Crippen MR) is 94.4 cm³/mol. The minimum absolute atomic E-state index is 0.0581. The van der Waals surface area contributed by atoms with E-state index in [1.807, 2.05) is 24.3 Å². The van der Waals surface area contributed by atoms with Gasteiger partial charge < -0.3 is 20.5 Å². The van der Waals surface area contributed by atoms with Crippen molar-refractivity contribution in [2.75, 3.05) is 5.32 Å². The molecule has 1 aromatic carbocycles. The topological polar surface area (TPSA) is 105 Å². The Balaban J connectivity index is 1.50. The summed E-state index contributed by atoms with van der Waals surface area (Å²) in [6.07, 6.45) is 3.23. The number of carbonyl (C=O) groups excluding carboxylic acids is 2. The largest absolute Gasteiger partial charge is 0.479 e. The van der Waals surface area contributed by atoms with Gasteiger partial charge in [0.15, 0.2) is 6.10 Å². The Bertz CT molecular complexity index is 684. The Morgan fingerprint density at radius 1 is 1.04 bits per heavy atom. The first-order chi connectivity index (χ1) is 12.5. The van der Waals surface area contributed by atoms with Crippen LogP contribution in [0.2, 0.25) is 0 Å². The summed E-state index contributed by atoms with van der Waals surface area (Å²) < 4.78 is 5.24. The SMILES string of the molecule is O=C(Nc1cccc(CNC(=O)[C@@H]2CC[C@H](C(=O)O)O2)c1)C1CCCC1. The monoisotopic (exact) mass is 360 g/mol. The molecule has 0 spiro atoms. The molecule has 1 aliphatic carbocycles. The van der Waals surface area contributed by atoms with Crippen molar-refractivity contribution in [1.29, 1.82) is 0 Å². The van der Waals surface area contributed by atoms with Gasteiger partial charge in [0.25, 0.3) is 0 Å². The number of carboxylic acids is 1. The lowest BCUT2D eigenvalue weighted by atomic mass is 10.1. The molecule has 2 atom stereocenters. The van der Waals surface area contributed by atoms with Crippen molar-refractivity contribution in [3.63, 3.8) is 0 Å².